The molecule has 144 valence electrons. The number of benzene rings is 2. The zero-order valence-electron chi connectivity index (χ0n) is 16.2. The normalized spacial score (nSPS) is 11.0. The van der Waals surface area contributed by atoms with Crippen molar-refractivity contribution in [3.63, 3.8) is 0 Å². The number of carbonyl (C=O) groups excluding carboxylic acids is 1. The van der Waals surface area contributed by atoms with Crippen LogP contribution >= 0.6 is 0 Å². The number of hydrogen-bond acceptors (Lipinski definition) is 3. The van der Waals surface area contributed by atoms with Crippen molar-refractivity contribution in [1.82, 2.24) is 16.0 Å². The van der Waals surface area contributed by atoms with Gasteiger partial charge in [-0.2, -0.15) is 0 Å². The average Bonchev–Trinajstić information content (AvgIpc) is 2.72. The molecule has 0 heterocycles. The first kappa shape index (κ1) is 20.3. The zero-order chi connectivity index (χ0) is 19.5. The van der Waals surface area contributed by atoms with Crippen molar-refractivity contribution < 1.29 is 9.53 Å². The third-order valence-corrected chi connectivity index (χ3v) is 4.05. The van der Waals surface area contributed by atoms with Crippen LogP contribution in [-0.2, 0) is 13.1 Å². The number of ether oxygens (including phenoxy) is 1. The standard InChI is InChI=1S/C21H28N4O2/c1-4-12-23-20(26)17-10-7-8-16(13-17)14-24-21(22-2)25-15-18-9-5-6-11-19(18)27-3/h5-11,13H,4,12,14-15H2,1-3H3,(H,23,26)(H2,22,24,25). The van der Waals surface area contributed by atoms with Gasteiger partial charge in [0.15, 0.2) is 5.96 Å². The van der Waals surface area contributed by atoms with Crippen LogP contribution in [0.4, 0.5) is 0 Å². The molecule has 1 amide bonds. The molecule has 0 radical (unpaired) electrons. The lowest BCUT2D eigenvalue weighted by Gasteiger charge is -2.14. The Kier molecular flexibility index (Phi) is 8.16. The summed E-state index contributed by atoms with van der Waals surface area (Å²) in [6.45, 7) is 3.88. The van der Waals surface area contributed by atoms with Gasteiger partial charge in [-0.15, -0.1) is 0 Å². The van der Waals surface area contributed by atoms with E-state index in [1.54, 1.807) is 14.2 Å². The first-order chi connectivity index (χ1) is 13.2. The average molecular weight is 368 g/mol. The molecule has 0 bridgehead atoms. The maximum Gasteiger partial charge on any atom is 0.251 e. The van der Waals surface area contributed by atoms with E-state index < -0.39 is 0 Å². The summed E-state index contributed by atoms with van der Waals surface area (Å²) in [7, 11) is 3.39. The van der Waals surface area contributed by atoms with Gasteiger partial charge in [0.25, 0.3) is 5.91 Å². The number of para-hydroxylation sites is 1. The maximum atomic E-state index is 12.1. The molecule has 2 aromatic rings. The topological polar surface area (TPSA) is 74.8 Å². The van der Waals surface area contributed by atoms with Gasteiger partial charge < -0.3 is 20.7 Å². The van der Waals surface area contributed by atoms with E-state index in [4.69, 9.17) is 4.74 Å². The van der Waals surface area contributed by atoms with E-state index in [9.17, 15) is 4.79 Å². The quantitative estimate of drug-likeness (QED) is 0.495. The number of rotatable bonds is 8. The predicted octanol–water partition coefficient (Wildman–Crippen LogP) is 2.70. The molecule has 2 rings (SSSR count). The molecule has 0 atom stereocenters. The number of nitrogens with one attached hydrogen (secondary N) is 3. The van der Waals surface area contributed by atoms with Crippen LogP contribution in [0.25, 0.3) is 0 Å². The van der Waals surface area contributed by atoms with E-state index in [0.717, 1.165) is 23.3 Å². The number of amides is 1. The monoisotopic (exact) mass is 368 g/mol. The lowest BCUT2D eigenvalue weighted by atomic mass is 10.1. The predicted molar refractivity (Wildman–Crippen MR) is 109 cm³/mol. The molecule has 6 heteroatoms. The van der Waals surface area contributed by atoms with Gasteiger partial charge in [-0.25, -0.2) is 0 Å². The van der Waals surface area contributed by atoms with Gasteiger partial charge in [-0.05, 0) is 30.2 Å². The number of carbonyl (C=O) groups is 1. The summed E-state index contributed by atoms with van der Waals surface area (Å²) in [6.07, 6.45) is 0.918. The van der Waals surface area contributed by atoms with Gasteiger partial charge in [0.05, 0.1) is 7.11 Å². The zero-order valence-corrected chi connectivity index (χ0v) is 16.2. The molecule has 0 aromatic heterocycles. The minimum absolute atomic E-state index is 0.0441. The van der Waals surface area contributed by atoms with E-state index in [2.05, 4.69) is 20.9 Å². The Hall–Kier alpha value is -3.02. The van der Waals surface area contributed by atoms with Gasteiger partial charge >= 0.3 is 0 Å². The van der Waals surface area contributed by atoms with Crippen molar-refractivity contribution in [2.45, 2.75) is 26.4 Å². The Morgan fingerprint density at radius 3 is 2.56 bits per heavy atom. The fourth-order valence-electron chi connectivity index (χ4n) is 2.60. The van der Waals surface area contributed by atoms with E-state index in [0.29, 0.717) is 31.2 Å². The molecule has 6 nitrogen and oxygen atoms in total. The second kappa shape index (κ2) is 10.9. The second-order valence-corrected chi connectivity index (χ2v) is 6.05. The molecule has 0 aliphatic heterocycles. The number of hydrogen-bond donors (Lipinski definition) is 3. The Balaban J connectivity index is 1.91. The van der Waals surface area contributed by atoms with E-state index in [1.807, 2.05) is 55.5 Å². The lowest BCUT2D eigenvalue weighted by Crippen LogP contribution is -2.36. The van der Waals surface area contributed by atoms with Gasteiger partial charge in [-0.1, -0.05) is 37.3 Å². The molecule has 3 N–H and O–H groups in total. The Bertz CT molecular complexity index is 774. The first-order valence-electron chi connectivity index (χ1n) is 9.11. The first-order valence-corrected chi connectivity index (χ1v) is 9.11. The van der Waals surface area contributed by atoms with Crippen LogP contribution in [0, 0.1) is 0 Å². The molecule has 27 heavy (non-hydrogen) atoms. The van der Waals surface area contributed by atoms with Crippen molar-refractivity contribution in [3.8, 4) is 5.75 Å². The smallest absolute Gasteiger partial charge is 0.251 e. The van der Waals surface area contributed by atoms with Crippen molar-refractivity contribution in [3.05, 3.63) is 65.2 Å². The van der Waals surface area contributed by atoms with Crippen LogP contribution in [0.2, 0.25) is 0 Å². The highest BCUT2D eigenvalue weighted by Gasteiger charge is 2.06. The van der Waals surface area contributed by atoms with Gasteiger partial charge in [0, 0.05) is 37.8 Å². The fourth-order valence-corrected chi connectivity index (χ4v) is 2.60. The highest BCUT2D eigenvalue weighted by Crippen LogP contribution is 2.16. The van der Waals surface area contributed by atoms with E-state index >= 15 is 0 Å². The molecular weight excluding hydrogens is 340 g/mol. The van der Waals surface area contributed by atoms with Gasteiger partial charge in [0.2, 0.25) is 0 Å². The van der Waals surface area contributed by atoms with Crippen molar-refractivity contribution >= 4 is 11.9 Å². The van der Waals surface area contributed by atoms with Crippen LogP contribution in [0.15, 0.2) is 53.5 Å². The van der Waals surface area contributed by atoms with Crippen LogP contribution in [-0.4, -0.2) is 32.6 Å². The SMILES string of the molecule is CCCNC(=O)c1cccc(CNC(=NC)NCc2ccccc2OC)c1. The van der Waals surface area contributed by atoms with Gasteiger partial charge in [0.1, 0.15) is 5.75 Å². The summed E-state index contributed by atoms with van der Waals surface area (Å²) in [6, 6.07) is 15.5. The molecule has 0 aliphatic rings. The minimum Gasteiger partial charge on any atom is -0.496 e. The minimum atomic E-state index is -0.0441. The summed E-state index contributed by atoms with van der Waals surface area (Å²) in [4.78, 5) is 16.3. The number of aliphatic imine (C=N–C) groups is 1. The van der Waals surface area contributed by atoms with Crippen LogP contribution < -0.4 is 20.7 Å². The molecule has 0 saturated heterocycles. The van der Waals surface area contributed by atoms with Crippen molar-refractivity contribution in [2.75, 3.05) is 20.7 Å². The molecule has 0 unspecified atom stereocenters. The molecule has 0 aliphatic carbocycles. The number of methoxy groups -OCH3 is 1. The van der Waals surface area contributed by atoms with Crippen molar-refractivity contribution in [1.29, 1.82) is 0 Å². The van der Waals surface area contributed by atoms with Crippen LogP contribution in [0.1, 0.15) is 34.8 Å². The Morgan fingerprint density at radius 2 is 1.81 bits per heavy atom. The maximum absolute atomic E-state index is 12.1. The largest absolute Gasteiger partial charge is 0.496 e. The molecule has 0 spiro atoms. The third kappa shape index (κ3) is 6.33. The number of nitrogens with zero attached hydrogens (tertiary/aromatic N) is 1. The van der Waals surface area contributed by atoms with E-state index in [-0.39, 0.29) is 5.91 Å². The van der Waals surface area contributed by atoms with Crippen LogP contribution in [0.3, 0.4) is 0 Å². The third-order valence-electron chi connectivity index (χ3n) is 4.05. The summed E-state index contributed by atoms with van der Waals surface area (Å²) in [5, 5.41) is 9.44. The lowest BCUT2D eigenvalue weighted by molar-refractivity contribution is 0.0953. The second-order valence-electron chi connectivity index (χ2n) is 6.05. The van der Waals surface area contributed by atoms with Crippen LogP contribution in [0.5, 0.6) is 5.75 Å². The number of guanidine groups is 1. The molecular formula is C21H28N4O2. The van der Waals surface area contributed by atoms with E-state index in [1.165, 1.54) is 0 Å². The highest BCUT2D eigenvalue weighted by atomic mass is 16.5. The fraction of sp³-hybridized carbons (Fsp3) is 0.333. The van der Waals surface area contributed by atoms with Gasteiger partial charge in [-0.3, -0.25) is 9.79 Å². The summed E-state index contributed by atoms with van der Waals surface area (Å²) >= 11 is 0. The Morgan fingerprint density at radius 1 is 1.04 bits per heavy atom. The summed E-state index contributed by atoms with van der Waals surface area (Å²) < 4.78 is 5.37. The molecule has 2 aromatic carbocycles. The highest BCUT2D eigenvalue weighted by molar-refractivity contribution is 5.94. The summed E-state index contributed by atoms with van der Waals surface area (Å²) in [5.41, 5.74) is 2.73. The molecule has 0 fully saturated rings. The Labute approximate surface area is 161 Å². The van der Waals surface area contributed by atoms with Crippen molar-refractivity contribution in [2.24, 2.45) is 4.99 Å². The summed E-state index contributed by atoms with van der Waals surface area (Å²) in [5.74, 6) is 1.48. The molecule has 0 saturated carbocycles.